The zero-order valence-electron chi connectivity index (χ0n) is 13.4. The minimum atomic E-state index is 0.621. The van der Waals surface area contributed by atoms with Crippen molar-refractivity contribution in [3.8, 4) is 11.4 Å². The van der Waals surface area contributed by atoms with Crippen molar-refractivity contribution in [2.45, 2.75) is 6.92 Å². The van der Waals surface area contributed by atoms with Crippen molar-refractivity contribution in [3.05, 3.63) is 60.6 Å². The predicted octanol–water partition coefficient (Wildman–Crippen LogP) is 3.48. The number of nitrogens with zero attached hydrogens (tertiary/aromatic N) is 5. The van der Waals surface area contributed by atoms with Gasteiger partial charge in [-0.25, -0.2) is 9.97 Å². The molecule has 1 N–H and O–H groups in total. The molecule has 6 nitrogen and oxygen atoms in total. The smallest absolute Gasteiger partial charge is 0.165 e. The largest absolute Gasteiger partial charge is 0.339 e. The lowest BCUT2D eigenvalue weighted by Crippen LogP contribution is -2.01. The van der Waals surface area contributed by atoms with Crippen molar-refractivity contribution in [1.29, 1.82) is 0 Å². The van der Waals surface area contributed by atoms with Crippen molar-refractivity contribution in [2.24, 2.45) is 7.05 Å². The van der Waals surface area contributed by atoms with Gasteiger partial charge in [-0.15, -0.1) is 0 Å². The number of anilines is 2. The molecule has 3 heterocycles. The van der Waals surface area contributed by atoms with E-state index in [9.17, 15) is 0 Å². The Balaban J connectivity index is 1.89. The first kappa shape index (κ1) is 14.3. The maximum absolute atomic E-state index is 4.71. The highest BCUT2D eigenvalue weighted by Crippen LogP contribution is 2.27. The number of hydrogen-bond acceptors (Lipinski definition) is 5. The third-order valence-corrected chi connectivity index (χ3v) is 3.91. The Morgan fingerprint density at radius 3 is 2.67 bits per heavy atom. The van der Waals surface area contributed by atoms with E-state index in [1.165, 1.54) is 0 Å². The van der Waals surface area contributed by atoms with Crippen molar-refractivity contribution in [2.75, 3.05) is 5.32 Å². The zero-order valence-corrected chi connectivity index (χ0v) is 13.4. The van der Waals surface area contributed by atoms with Gasteiger partial charge in [0.05, 0.1) is 11.6 Å². The van der Waals surface area contributed by atoms with Gasteiger partial charge in [0.1, 0.15) is 5.82 Å². The third-order valence-electron chi connectivity index (χ3n) is 3.91. The van der Waals surface area contributed by atoms with E-state index in [0.717, 1.165) is 33.7 Å². The summed E-state index contributed by atoms with van der Waals surface area (Å²) in [7, 11) is 1.87. The molecule has 0 radical (unpaired) electrons. The van der Waals surface area contributed by atoms with E-state index in [2.05, 4.69) is 33.4 Å². The fraction of sp³-hybridized carbons (Fsp3) is 0.111. The summed E-state index contributed by atoms with van der Waals surface area (Å²) < 4.78 is 1.75. The Morgan fingerprint density at radius 2 is 1.88 bits per heavy atom. The van der Waals surface area contributed by atoms with E-state index in [-0.39, 0.29) is 0 Å². The molecular weight excluding hydrogens is 300 g/mol. The van der Waals surface area contributed by atoms with Crippen LogP contribution in [0.4, 0.5) is 11.5 Å². The first-order valence-electron chi connectivity index (χ1n) is 7.65. The summed E-state index contributed by atoms with van der Waals surface area (Å²) in [5.74, 6) is 1.36. The van der Waals surface area contributed by atoms with Gasteiger partial charge in [0.25, 0.3) is 0 Å². The summed E-state index contributed by atoms with van der Waals surface area (Å²) in [5.41, 5.74) is 3.81. The molecule has 0 saturated carbocycles. The predicted molar refractivity (Wildman–Crippen MR) is 94.0 cm³/mol. The van der Waals surface area contributed by atoms with Gasteiger partial charge < -0.3 is 5.32 Å². The molecule has 0 unspecified atom stereocenters. The van der Waals surface area contributed by atoms with Gasteiger partial charge >= 0.3 is 0 Å². The average molecular weight is 316 g/mol. The molecule has 24 heavy (non-hydrogen) atoms. The van der Waals surface area contributed by atoms with Crippen LogP contribution < -0.4 is 5.32 Å². The van der Waals surface area contributed by atoms with Crippen LogP contribution in [0.1, 0.15) is 5.56 Å². The van der Waals surface area contributed by atoms with Gasteiger partial charge in [-0.1, -0.05) is 18.2 Å². The minimum Gasteiger partial charge on any atom is -0.339 e. The van der Waals surface area contributed by atoms with Gasteiger partial charge in [0, 0.05) is 30.7 Å². The second kappa shape index (κ2) is 5.73. The Bertz CT molecular complexity index is 1010. The Kier molecular flexibility index (Phi) is 3.42. The average Bonchev–Trinajstić information content (AvgIpc) is 2.99. The number of hydrogen-bond donors (Lipinski definition) is 1. The highest BCUT2D eigenvalue weighted by molar-refractivity contribution is 5.90. The van der Waals surface area contributed by atoms with Gasteiger partial charge in [-0.05, 0) is 30.7 Å². The number of nitrogens with one attached hydrogen (secondary N) is 1. The van der Waals surface area contributed by atoms with Crippen LogP contribution in [-0.4, -0.2) is 24.7 Å². The second-order valence-electron chi connectivity index (χ2n) is 5.58. The number of fused-ring (bicyclic) bond motifs is 1. The highest BCUT2D eigenvalue weighted by Gasteiger charge is 2.13. The molecule has 4 rings (SSSR count). The molecule has 0 bridgehead atoms. The van der Waals surface area contributed by atoms with Crippen LogP contribution in [-0.2, 0) is 7.05 Å². The zero-order chi connectivity index (χ0) is 16.5. The standard InChI is InChI=1S/C18H16N6/c1-12-6-3-4-8-15(12)21-17-14-11-20-24(2)18(14)23-16(22-17)13-7-5-9-19-10-13/h3-11H,1-2H3,(H,21,22,23). The maximum Gasteiger partial charge on any atom is 0.165 e. The van der Waals surface area contributed by atoms with E-state index >= 15 is 0 Å². The summed E-state index contributed by atoms with van der Waals surface area (Å²) in [5, 5.41) is 8.61. The lowest BCUT2D eigenvalue weighted by Gasteiger charge is -2.11. The molecule has 0 aliphatic heterocycles. The Hall–Kier alpha value is -3.28. The molecule has 6 heteroatoms. The molecule has 3 aromatic heterocycles. The normalized spacial score (nSPS) is 10.9. The highest BCUT2D eigenvalue weighted by atomic mass is 15.3. The third kappa shape index (κ3) is 2.48. The quantitative estimate of drug-likeness (QED) is 0.627. The van der Waals surface area contributed by atoms with Gasteiger partial charge in [0.15, 0.2) is 11.5 Å². The molecule has 4 aromatic rings. The molecule has 0 spiro atoms. The molecule has 0 amide bonds. The van der Waals surface area contributed by atoms with Gasteiger partial charge in [-0.2, -0.15) is 5.10 Å². The van der Waals surface area contributed by atoms with E-state index < -0.39 is 0 Å². The van der Waals surface area contributed by atoms with Crippen LogP contribution in [0.2, 0.25) is 0 Å². The molecule has 0 fully saturated rings. The molecule has 0 aliphatic carbocycles. The van der Waals surface area contributed by atoms with Crippen molar-refractivity contribution in [3.63, 3.8) is 0 Å². The Labute approximate surface area is 139 Å². The number of benzene rings is 1. The van der Waals surface area contributed by atoms with Gasteiger partial charge in [-0.3, -0.25) is 9.67 Å². The first-order valence-corrected chi connectivity index (χ1v) is 7.65. The summed E-state index contributed by atoms with van der Waals surface area (Å²) in [6.07, 6.45) is 5.27. The number of pyridine rings is 1. The summed E-state index contributed by atoms with van der Waals surface area (Å²) >= 11 is 0. The first-order chi connectivity index (χ1) is 11.7. The van der Waals surface area contributed by atoms with Crippen LogP contribution in [0.5, 0.6) is 0 Å². The topological polar surface area (TPSA) is 68.5 Å². The molecule has 1 aromatic carbocycles. The van der Waals surface area contributed by atoms with Crippen molar-refractivity contribution >= 4 is 22.5 Å². The molecular formula is C18H16N6. The fourth-order valence-electron chi connectivity index (χ4n) is 2.58. The van der Waals surface area contributed by atoms with Crippen LogP contribution in [0.25, 0.3) is 22.4 Å². The van der Waals surface area contributed by atoms with E-state index in [4.69, 9.17) is 4.98 Å². The van der Waals surface area contributed by atoms with Crippen LogP contribution in [0, 0.1) is 6.92 Å². The van der Waals surface area contributed by atoms with Crippen molar-refractivity contribution in [1.82, 2.24) is 24.7 Å². The second-order valence-corrected chi connectivity index (χ2v) is 5.58. The van der Waals surface area contributed by atoms with Crippen LogP contribution >= 0.6 is 0 Å². The summed E-state index contributed by atoms with van der Waals surface area (Å²) in [6.45, 7) is 2.06. The SMILES string of the molecule is Cc1ccccc1Nc1nc(-c2cccnc2)nc2c1cnn2C. The molecule has 118 valence electrons. The number of aromatic nitrogens is 5. The molecule has 0 aliphatic rings. The minimum absolute atomic E-state index is 0.621. The number of rotatable bonds is 3. The molecule has 0 saturated heterocycles. The number of para-hydroxylation sites is 1. The van der Waals surface area contributed by atoms with E-state index in [1.807, 2.05) is 37.4 Å². The van der Waals surface area contributed by atoms with Crippen LogP contribution in [0.3, 0.4) is 0 Å². The van der Waals surface area contributed by atoms with Gasteiger partial charge in [0.2, 0.25) is 0 Å². The van der Waals surface area contributed by atoms with Crippen LogP contribution in [0.15, 0.2) is 55.0 Å². The molecule has 0 atom stereocenters. The Morgan fingerprint density at radius 1 is 1.00 bits per heavy atom. The lowest BCUT2D eigenvalue weighted by atomic mass is 10.2. The van der Waals surface area contributed by atoms with E-state index in [0.29, 0.717) is 5.82 Å². The summed E-state index contributed by atoms with van der Waals surface area (Å²) in [6, 6.07) is 11.9. The fourth-order valence-corrected chi connectivity index (χ4v) is 2.58. The maximum atomic E-state index is 4.71. The lowest BCUT2D eigenvalue weighted by molar-refractivity contribution is 0.786. The summed E-state index contributed by atoms with van der Waals surface area (Å²) in [4.78, 5) is 13.5. The van der Waals surface area contributed by atoms with Crippen molar-refractivity contribution < 1.29 is 0 Å². The number of aryl methyl sites for hydroxylation is 2. The van der Waals surface area contributed by atoms with E-state index in [1.54, 1.807) is 23.3 Å². The monoisotopic (exact) mass is 316 g/mol.